The third-order valence-corrected chi connectivity index (χ3v) is 3.82. The van der Waals surface area contributed by atoms with Crippen LogP contribution in [0.2, 0.25) is 0 Å². The second kappa shape index (κ2) is 9.32. The minimum atomic E-state index is 0.165. The van der Waals surface area contributed by atoms with Gasteiger partial charge >= 0.3 is 0 Å². The standard InChI is InChI=1S/C15H31N3O/c1-4-10-18(11-14-8-6-7-9-16-14)12-15(19)17-13(3)5-2/h13-14,16H,4-12H2,1-3H3,(H,17,19). The average molecular weight is 269 g/mol. The van der Waals surface area contributed by atoms with Crippen molar-refractivity contribution in [2.75, 3.05) is 26.2 Å². The van der Waals surface area contributed by atoms with E-state index in [1.54, 1.807) is 0 Å². The molecule has 1 heterocycles. The normalized spacial score (nSPS) is 21.4. The molecule has 0 aliphatic carbocycles. The van der Waals surface area contributed by atoms with Gasteiger partial charge in [-0.25, -0.2) is 0 Å². The summed E-state index contributed by atoms with van der Waals surface area (Å²) in [7, 11) is 0. The van der Waals surface area contributed by atoms with E-state index in [0.717, 1.165) is 32.5 Å². The average Bonchev–Trinajstić information content (AvgIpc) is 2.39. The van der Waals surface area contributed by atoms with E-state index < -0.39 is 0 Å². The molecule has 0 bridgehead atoms. The first kappa shape index (κ1) is 16.4. The Bertz CT molecular complexity index is 252. The van der Waals surface area contributed by atoms with Crippen LogP contribution in [0.3, 0.4) is 0 Å². The van der Waals surface area contributed by atoms with E-state index in [9.17, 15) is 4.79 Å². The molecule has 2 unspecified atom stereocenters. The molecule has 112 valence electrons. The second-order valence-corrected chi connectivity index (χ2v) is 5.76. The van der Waals surface area contributed by atoms with Gasteiger partial charge in [-0.2, -0.15) is 0 Å². The smallest absolute Gasteiger partial charge is 0.234 e. The number of rotatable bonds is 8. The fourth-order valence-electron chi connectivity index (χ4n) is 2.57. The molecule has 1 rings (SSSR count). The summed E-state index contributed by atoms with van der Waals surface area (Å²) < 4.78 is 0. The maximum atomic E-state index is 12.0. The quantitative estimate of drug-likeness (QED) is 0.706. The summed E-state index contributed by atoms with van der Waals surface area (Å²) in [6.07, 6.45) is 5.94. The molecule has 0 aromatic carbocycles. The minimum Gasteiger partial charge on any atom is -0.353 e. The highest BCUT2D eigenvalue weighted by atomic mass is 16.2. The van der Waals surface area contributed by atoms with Crippen molar-refractivity contribution in [3.05, 3.63) is 0 Å². The summed E-state index contributed by atoms with van der Waals surface area (Å²) in [6.45, 7) is 10.0. The van der Waals surface area contributed by atoms with E-state index in [1.807, 2.05) is 0 Å². The van der Waals surface area contributed by atoms with Crippen LogP contribution in [0.25, 0.3) is 0 Å². The van der Waals surface area contributed by atoms with Crippen LogP contribution in [0.5, 0.6) is 0 Å². The van der Waals surface area contributed by atoms with Crippen molar-refractivity contribution in [1.29, 1.82) is 0 Å². The first-order valence-corrected chi connectivity index (χ1v) is 7.90. The van der Waals surface area contributed by atoms with Gasteiger partial charge in [0.05, 0.1) is 6.54 Å². The van der Waals surface area contributed by atoms with Gasteiger partial charge in [-0.1, -0.05) is 20.3 Å². The molecule has 0 radical (unpaired) electrons. The molecule has 0 spiro atoms. The van der Waals surface area contributed by atoms with Crippen molar-refractivity contribution in [2.45, 2.75) is 65.0 Å². The Balaban J connectivity index is 2.35. The maximum absolute atomic E-state index is 12.0. The number of carbonyl (C=O) groups excluding carboxylic acids is 1. The van der Waals surface area contributed by atoms with E-state index in [-0.39, 0.29) is 11.9 Å². The molecule has 0 saturated carbocycles. The molecular formula is C15H31N3O. The summed E-state index contributed by atoms with van der Waals surface area (Å²) in [4.78, 5) is 14.3. The van der Waals surface area contributed by atoms with Crippen LogP contribution in [-0.2, 0) is 4.79 Å². The molecule has 2 atom stereocenters. The van der Waals surface area contributed by atoms with Crippen molar-refractivity contribution in [1.82, 2.24) is 15.5 Å². The minimum absolute atomic E-state index is 0.165. The molecule has 1 saturated heterocycles. The Labute approximate surface area is 118 Å². The molecule has 0 aromatic rings. The van der Waals surface area contributed by atoms with E-state index in [0.29, 0.717) is 12.6 Å². The molecule has 1 aliphatic rings. The van der Waals surface area contributed by atoms with Gasteiger partial charge in [0.25, 0.3) is 0 Å². The first-order chi connectivity index (χ1) is 9.15. The van der Waals surface area contributed by atoms with Crippen molar-refractivity contribution in [3.63, 3.8) is 0 Å². The van der Waals surface area contributed by atoms with E-state index in [1.165, 1.54) is 19.3 Å². The van der Waals surface area contributed by atoms with Gasteiger partial charge < -0.3 is 10.6 Å². The van der Waals surface area contributed by atoms with Crippen LogP contribution in [-0.4, -0.2) is 49.1 Å². The van der Waals surface area contributed by atoms with Crippen molar-refractivity contribution in [3.8, 4) is 0 Å². The predicted molar refractivity (Wildman–Crippen MR) is 80.3 cm³/mol. The zero-order chi connectivity index (χ0) is 14.1. The summed E-state index contributed by atoms with van der Waals surface area (Å²) in [5.74, 6) is 0.165. The number of hydrogen-bond acceptors (Lipinski definition) is 3. The Morgan fingerprint density at radius 3 is 2.79 bits per heavy atom. The molecule has 1 aliphatic heterocycles. The van der Waals surface area contributed by atoms with Crippen molar-refractivity contribution >= 4 is 5.91 Å². The van der Waals surface area contributed by atoms with Crippen LogP contribution in [0.15, 0.2) is 0 Å². The number of piperidine rings is 1. The molecule has 4 nitrogen and oxygen atoms in total. The summed E-state index contributed by atoms with van der Waals surface area (Å²) in [5, 5.41) is 6.61. The van der Waals surface area contributed by atoms with E-state index >= 15 is 0 Å². The number of nitrogens with zero attached hydrogens (tertiary/aromatic N) is 1. The zero-order valence-corrected chi connectivity index (χ0v) is 12.9. The highest BCUT2D eigenvalue weighted by molar-refractivity contribution is 5.78. The molecule has 2 N–H and O–H groups in total. The van der Waals surface area contributed by atoms with Crippen LogP contribution in [0, 0.1) is 0 Å². The third kappa shape index (κ3) is 6.92. The van der Waals surface area contributed by atoms with Gasteiger partial charge in [0, 0.05) is 18.6 Å². The van der Waals surface area contributed by atoms with E-state index in [4.69, 9.17) is 0 Å². The van der Waals surface area contributed by atoms with Gasteiger partial charge in [0.15, 0.2) is 0 Å². The van der Waals surface area contributed by atoms with Gasteiger partial charge in [0.2, 0.25) is 5.91 Å². The largest absolute Gasteiger partial charge is 0.353 e. The molecular weight excluding hydrogens is 238 g/mol. The van der Waals surface area contributed by atoms with Crippen LogP contribution < -0.4 is 10.6 Å². The molecule has 0 aromatic heterocycles. The zero-order valence-electron chi connectivity index (χ0n) is 12.9. The number of hydrogen-bond donors (Lipinski definition) is 2. The fourth-order valence-corrected chi connectivity index (χ4v) is 2.57. The van der Waals surface area contributed by atoms with Crippen molar-refractivity contribution < 1.29 is 4.79 Å². The Kier molecular flexibility index (Phi) is 8.07. The number of amides is 1. The first-order valence-electron chi connectivity index (χ1n) is 7.90. The Morgan fingerprint density at radius 2 is 2.21 bits per heavy atom. The molecule has 19 heavy (non-hydrogen) atoms. The third-order valence-electron chi connectivity index (χ3n) is 3.82. The summed E-state index contributed by atoms with van der Waals surface area (Å²) in [6, 6.07) is 0.848. The monoisotopic (exact) mass is 269 g/mol. The maximum Gasteiger partial charge on any atom is 0.234 e. The summed E-state index contributed by atoms with van der Waals surface area (Å²) >= 11 is 0. The van der Waals surface area contributed by atoms with Gasteiger partial charge in [-0.05, 0) is 45.7 Å². The summed E-state index contributed by atoms with van der Waals surface area (Å²) in [5.41, 5.74) is 0. The Hall–Kier alpha value is -0.610. The fraction of sp³-hybridized carbons (Fsp3) is 0.933. The highest BCUT2D eigenvalue weighted by Crippen LogP contribution is 2.08. The number of carbonyl (C=O) groups is 1. The second-order valence-electron chi connectivity index (χ2n) is 5.76. The topological polar surface area (TPSA) is 44.4 Å². The lowest BCUT2D eigenvalue weighted by atomic mass is 10.0. The van der Waals surface area contributed by atoms with Gasteiger partial charge in [-0.3, -0.25) is 9.69 Å². The van der Waals surface area contributed by atoms with Gasteiger partial charge in [-0.15, -0.1) is 0 Å². The Morgan fingerprint density at radius 1 is 1.42 bits per heavy atom. The number of nitrogens with one attached hydrogen (secondary N) is 2. The van der Waals surface area contributed by atoms with Crippen LogP contribution in [0.1, 0.15) is 52.9 Å². The lowest BCUT2D eigenvalue weighted by molar-refractivity contribution is -0.123. The highest BCUT2D eigenvalue weighted by Gasteiger charge is 2.18. The SMILES string of the molecule is CCCN(CC(=O)NC(C)CC)CC1CCCCN1. The van der Waals surface area contributed by atoms with E-state index in [2.05, 4.69) is 36.3 Å². The van der Waals surface area contributed by atoms with Crippen LogP contribution >= 0.6 is 0 Å². The van der Waals surface area contributed by atoms with Crippen LogP contribution in [0.4, 0.5) is 0 Å². The lowest BCUT2D eigenvalue weighted by Crippen LogP contribution is -2.47. The van der Waals surface area contributed by atoms with Crippen molar-refractivity contribution in [2.24, 2.45) is 0 Å². The molecule has 1 fully saturated rings. The predicted octanol–water partition coefficient (Wildman–Crippen LogP) is 1.76. The molecule has 4 heteroatoms. The lowest BCUT2D eigenvalue weighted by Gasteiger charge is -2.30. The molecule has 1 amide bonds. The van der Waals surface area contributed by atoms with Gasteiger partial charge in [0.1, 0.15) is 0 Å².